The van der Waals surface area contributed by atoms with Crippen LogP contribution >= 0.6 is 11.6 Å². The second-order valence-corrected chi connectivity index (χ2v) is 9.88. The molecule has 0 saturated carbocycles. The third-order valence-electron chi connectivity index (χ3n) is 5.36. The van der Waals surface area contributed by atoms with Gasteiger partial charge in [0.05, 0.1) is 22.6 Å². The highest BCUT2D eigenvalue weighted by Crippen LogP contribution is 2.23. The summed E-state index contributed by atoms with van der Waals surface area (Å²) in [7, 11) is -2.09. The minimum atomic E-state index is -3.61. The molecule has 2 N–H and O–H groups in total. The number of halogens is 1. The second-order valence-electron chi connectivity index (χ2n) is 7.54. The van der Waals surface area contributed by atoms with Crippen molar-refractivity contribution in [3.63, 3.8) is 0 Å². The van der Waals surface area contributed by atoms with Crippen molar-refractivity contribution in [3.05, 3.63) is 59.1 Å². The highest BCUT2D eigenvalue weighted by molar-refractivity contribution is 7.89. The summed E-state index contributed by atoms with van der Waals surface area (Å²) in [6.45, 7) is 2.17. The van der Waals surface area contributed by atoms with Crippen LogP contribution in [-0.4, -0.2) is 56.8 Å². The maximum absolute atomic E-state index is 12.8. The molecule has 32 heavy (non-hydrogen) atoms. The van der Waals surface area contributed by atoms with Crippen LogP contribution in [0.25, 0.3) is 0 Å². The van der Waals surface area contributed by atoms with Crippen LogP contribution in [-0.2, 0) is 14.8 Å². The third-order valence-corrected chi connectivity index (χ3v) is 7.60. The Labute approximate surface area is 192 Å². The lowest BCUT2D eigenvalue weighted by Gasteiger charge is -2.32. The first-order valence-electron chi connectivity index (χ1n) is 10.2. The number of sulfonamides is 1. The van der Waals surface area contributed by atoms with Gasteiger partial charge in [0.15, 0.2) is 0 Å². The highest BCUT2D eigenvalue weighted by Gasteiger charge is 2.30. The van der Waals surface area contributed by atoms with Crippen molar-refractivity contribution in [2.24, 2.45) is 0 Å². The lowest BCUT2D eigenvalue weighted by Crippen LogP contribution is -2.51. The molecule has 2 aromatic rings. The van der Waals surface area contributed by atoms with E-state index < -0.39 is 22.0 Å². The molecule has 1 heterocycles. The van der Waals surface area contributed by atoms with E-state index in [1.807, 2.05) is 0 Å². The molecule has 0 aromatic heterocycles. The Morgan fingerprint density at radius 3 is 2.31 bits per heavy atom. The molecule has 0 spiro atoms. The first-order valence-corrected chi connectivity index (χ1v) is 12.0. The molecule has 2 aromatic carbocycles. The van der Waals surface area contributed by atoms with Crippen LogP contribution < -0.4 is 15.4 Å². The van der Waals surface area contributed by atoms with E-state index in [0.717, 1.165) is 0 Å². The van der Waals surface area contributed by atoms with Gasteiger partial charge >= 0.3 is 0 Å². The number of nitrogens with zero attached hydrogens (tertiary/aromatic N) is 1. The van der Waals surface area contributed by atoms with Crippen molar-refractivity contribution in [1.82, 2.24) is 14.9 Å². The minimum absolute atomic E-state index is 0.176. The first kappa shape index (κ1) is 24.0. The molecule has 1 unspecified atom stereocenters. The van der Waals surface area contributed by atoms with E-state index in [1.54, 1.807) is 43.3 Å². The van der Waals surface area contributed by atoms with Gasteiger partial charge in [-0.1, -0.05) is 23.7 Å². The van der Waals surface area contributed by atoms with Gasteiger partial charge in [0.25, 0.3) is 5.91 Å². The fourth-order valence-electron chi connectivity index (χ4n) is 3.45. The van der Waals surface area contributed by atoms with Crippen molar-refractivity contribution in [1.29, 1.82) is 0 Å². The number of hydrogen-bond acceptors (Lipinski definition) is 5. The second kappa shape index (κ2) is 10.3. The molecule has 3 rings (SSSR count). The Morgan fingerprint density at radius 1 is 1.09 bits per heavy atom. The van der Waals surface area contributed by atoms with Crippen molar-refractivity contribution in [2.75, 3.05) is 20.2 Å². The number of carbonyl (C=O) groups is 2. The SMILES string of the molecule is COc1ccc(S(=O)(=O)N2CCC(NC(=O)C(C)NC(=O)c3ccccc3Cl)CC2)cc1. The predicted octanol–water partition coefficient (Wildman–Crippen LogP) is 2.44. The number of rotatable bonds is 7. The Bertz CT molecular complexity index is 1070. The fourth-order valence-corrected chi connectivity index (χ4v) is 5.14. The summed E-state index contributed by atoms with van der Waals surface area (Å²) in [4.78, 5) is 25.1. The summed E-state index contributed by atoms with van der Waals surface area (Å²) in [5, 5.41) is 5.84. The van der Waals surface area contributed by atoms with Gasteiger partial charge in [0, 0.05) is 19.1 Å². The van der Waals surface area contributed by atoms with Crippen LogP contribution in [0.2, 0.25) is 5.02 Å². The molecule has 1 fully saturated rings. The topological polar surface area (TPSA) is 105 Å². The van der Waals surface area contributed by atoms with Crippen molar-refractivity contribution in [2.45, 2.75) is 36.7 Å². The summed E-state index contributed by atoms with van der Waals surface area (Å²) in [5.41, 5.74) is 0.297. The zero-order valence-electron chi connectivity index (χ0n) is 17.9. The molecule has 0 bridgehead atoms. The molecule has 1 aliphatic rings. The summed E-state index contributed by atoms with van der Waals surface area (Å²) >= 11 is 6.03. The number of hydrogen-bond donors (Lipinski definition) is 2. The zero-order valence-corrected chi connectivity index (χ0v) is 19.4. The van der Waals surface area contributed by atoms with E-state index >= 15 is 0 Å². The largest absolute Gasteiger partial charge is 0.497 e. The smallest absolute Gasteiger partial charge is 0.253 e. The first-order chi connectivity index (χ1) is 15.2. The molecular weight excluding hydrogens is 454 g/mol. The average Bonchev–Trinajstić information content (AvgIpc) is 2.79. The number of amides is 2. The van der Waals surface area contributed by atoms with Crippen LogP contribution in [0.15, 0.2) is 53.4 Å². The van der Waals surface area contributed by atoms with Crippen LogP contribution in [0.3, 0.4) is 0 Å². The lowest BCUT2D eigenvalue weighted by molar-refractivity contribution is -0.123. The van der Waals surface area contributed by atoms with E-state index in [2.05, 4.69) is 10.6 Å². The van der Waals surface area contributed by atoms with Crippen LogP contribution in [0.5, 0.6) is 5.75 Å². The molecule has 1 aliphatic heterocycles. The number of ether oxygens (including phenoxy) is 1. The number of nitrogens with one attached hydrogen (secondary N) is 2. The van der Waals surface area contributed by atoms with Gasteiger partial charge in [-0.15, -0.1) is 0 Å². The zero-order chi connectivity index (χ0) is 23.3. The molecule has 1 saturated heterocycles. The number of carbonyl (C=O) groups excluding carboxylic acids is 2. The van der Waals surface area contributed by atoms with E-state index in [-0.39, 0.29) is 16.8 Å². The van der Waals surface area contributed by atoms with E-state index in [0.29, 0.717) is 42.3 Å². The summed E-state index contributed by atoms with van der Waals surface area (Å²) in [6.07, 6.45) is 0.957. The van der Waals surface area contributed by atoms with Crippen molar-refractivity contribution in [3.8, 4) is 5.75 Å². The Hall–Kier alpha value is -2.62. The number of benzene rings is 2. The summed E-state index contributed by atoms with van der Waals surface area (Å²) in [5.74, 6) is -0.179. The van der Waals surface area contributed by atoms with Crippen LogP contribution in [0.1, 0.15) is 30.1 Å². The number of piperidine rings is 1. The molecule has 2 amide bonds. The molecule has 10 heteroatoms. The molecule has 0 radical (unpaired) electrons. The summed E-state index contributed by atoms with van der Waals surface area (Å²) < 4.78 is 32.2. The van der Waals surface area contributed by atoms with Gasteiger partial charge in [-0.25, -0.2) is 8.42 Å². The van der Waals surface area contributed by atoms with E-state index in [9.17, 15) is 18.0 Å². The normalized spacial score (nSPS) is 16.2. The van der Waals surface area contributed by atoms with E-state index in [1.165, 1.54) is 23.5 Å². The van der Waals surface area contributed by atoms with Gasteiger partial charge in [0.2, 0.25) is 15.9 Å². The minimum Gasteiger partial charge on any atom is -0.497 e. The quantitative estimate of drug-likeness (QED) is 0.634. The standard InChI is InChI=1S/C22H26ClN3O5S/c1-15(24-22(28)19-5-3-4-6-20(19)23)21(27)25-16-11-13-26(14-12-16)32(29,30)18-9-7-17(31-2)8-10-18/h3-10,15-16H,11-14H2,1-2H3,(H,24,28)(H,25,27). The predicted molar refractivity (Wildman–Crippen MR) is 121 cm³/mol. The Morgan fingerprint density at radius 2 is 1.72 bits per heavy atom. The third kappa shape index (κ3) is 5.59. The molecule has 172 valence electrons. The lowest BCUT2D eigenvalue weighted by atomic mass is 10.1. The Balaban J connectivity index is 1.52. The van der Waals surface area contributed by atoms with E-state index in [4.69, 9.17) is 16.3 Å². The van der Waals surface area contributed by atoms with Crippen molar-refractivity contribution < 1.29 is 22.7 Å². The van der Waals surface area contributed by atoms with Gasteiger partial charge < -0.3 is 15.4 Å². The monoisotopic (exact) mass is 479 g/mol. The highest BCUT2D eigenvalue weighted by atomic mass is 35.5. The molecule has 0 aliphatic carbocycles. The van der Waals surface area contributed by atoms with Gasteiger partial charge in [-0.3, -0.25) is 9.59 Å². The Kier molecular flexibility index (Phi) is 7.76. The maximum atomic E-state index is 12.8. The van der Waals surface area contributed by atoms with Gasteiger partial charge in [-0.05, 0) is 56.2 Å². The molecule has 1 atom stereocenters. The maximum Gasteiger partial charge on any atom is 0.253 e. The van der Waals surface area contributed by atoms with Crippen LogP contribution in [0, 0.1) is 0 Å². The fraction of sp³-hybridized carbons (Fsp3) is 0.364. The van der Waals surface area contributed by atoms with Gasteiger partial charge in [-0.2, -0.15) is 4.31 Å². The number of methoxy groups -OCH3 is 1. The van der Waals surface area contributed by atoms with Crippen molar-refractivity contribution >= 4 is 33.4 Å². The molecular formula is C22H26ClN3O5S. The van der Waals surface area contributed by atoms with Gasteiger partial charge in [0.1, 0.15) is 11.8 Å². The molecule has 8 nitrogen and oxygen atoms in total. The average molecular weight is 480 g/mol. The van der Waals surface area contributed by atoms with Crippen LogP contribution in [0.4, 0.5) is 0 Å². The summed E-state index contributed by atoms with van der Waals surface area (Å²) in [6, 6.07) is 11.9.